The molecule has 8 heteroatoms. The molecule has 3 N–H and O–H groups in total. The van der Waals surface area contributed by atoms with Gasteiger partial charge in [-0.2, -0.15) is 0 Å². The normalized spacial score (nSPS) is 10.3. The van der Waals surface area contributed by atoms with Gasteiger partial charge in [0.25, 0.3) is 0 Å². The molecule has 0 aliphatic carbocycles. The highest BCUT2D eigenvalue weighted by Crippen LogP contribution is 2.32. The summed E-state index contributed by atoms with van der Waals surface area (Å²) in [7, 11) is 1.49. The van der Waals surface area contributed by atoms with Crippen LogP contribution in [0.5, 0.6) is 5.75 Å². The number of amides is 2. The van der Waals surface area contributed by atoms with Crippen molar-refractivity contribution in [2.24, 2.45) is 0 Å². The van der Waals surface area contributed by atoms with Gasteiger partial charge in [-0.25, -0.2) is 4.98 Å². The second kappa shape index (κ2) is 8.15. The Morgan fingerprint density at radius 3 is 2.33 bits per heavy atom. The van der Waals surface area contributed by atoms with Crippen LogP contribution >= 0.6 is 0 Å². The molecule has 1 aromatic heterocycles. The second-order valence-electron chi connectivity index (χ2n) is 5.54. The van der Waals surface area contributed by atoms with Gasteiger partial charge in [0.05, 0.1) is 25.5 Å². The Morgan fingerprint density at radius 1 is 1.07 bits per heavy atom. The van der Waals surface area contributed by atoms with E-state index in [9.17, 15) is 9.59 Å². The molecule has 138 valence electrons. The number of oxazole rings is 1. The molecule has 3 rings (SSSR count). The Kier molecular flexibility index (Phi) is 5.48. The number of anilines is 2. The van der Waals surface area contributed by atoms with E-state index in [4.69, 9.17) is 14.3 Å². The van der Waals surface area contributed by atoms with E-state index in [0.717, 1.165) is 0 Å². The number of rotatable bonds is 5. The van der Waals surface area contributed by atoms with Crippen LogP contribution in [-0.4, -0.2) is 29.0 Å². The number of nitrogens with one attached hydrogen (secondary N) is 2. The lowest BCUT2D eigenvalue weighted by atomic mass is 10.1. The van der Waals surface area contributed by atoms with E-state index in [2.05, 4.69) is 15.6 Å². The average molecular weight is 367 g/mol. The van der Waals surface area contributed by atoms with E-state index >= 15 is 0 Å². The number of aliphatic hydroxyl groups excluding tert-OH is 1. The fraction of sp³-hybridized carbons (Fsp3) is 0.105. The minimum Gasteiger partial charge on any atom is -0.496 e. The number of carbonyl (C=O) groups excluding carboxylic acids is 2. The first-order chi connectivity index (χ1) is 13.1. The van der Waals surface area contributed by atoms with Crippen LogP contribution < -0.4 is 15.4 Å². The van der Waals surface area contributed by atoms with E-state index in [1.807, 2.05) is 0 Å². The van der Waals surface area contributed by atoms with E-state index in [1.165, 1.54) is 13.5 Å². The average Bonchev–Trinajstić information content (AvgIpc) is 3.23. The standard InChI is InChI=1S/C19H17N3O5/c1-26-16-8-14(6-7-15(16)17-9-20-11-27-17)22-19(25)18(24)21-13-4-2-12(10-23)3-5-13/h2-9,11,23H,10H2,1H3,(H,21,24)(H,22,25). The van der Waals surface area contributed by atoms with Crippen LogP contribution in [-0.2, 0) is 16.2 Å². The Labute approximate surface area is 154 Å². The highest BCUT2D eigenvalue weighted by molar-refractivity contribution is 6.43. The van der Waals surface area contributed by atoms with Crippen molar-refractivity contribution in [3.8, 4) is 17.1 Å². The number of methoxy groups -OCH3 is 1. The van der Waals surface area contributed by atoms with Gasteiger partial charge in [0.2, 0.25) is 0 Å². The molecule has 2 amide bonds. The van der Waals surface area contributed by atoms with E-state index < -0.39 is 11.8 Å². The number of ether oxygens (including phenoxy) is 1. The molecule has 27 heavy (non-hydrogen) atoms. The van der Waals surface area contributed by atoms with Gasteiger partial charge < -0.3 is 24.9 Å². The second-order valence-corrected chi connectivity index (χ2v) is 5.54. The van der Waals surface area contributed by atoms with Gasteiger partial charge >= 0.3 is 11.8 Å². The number of hydrogen-bond donors (Lipinski definition) is 3. The van der Waals surface area contributed by atoms with Crippen LogP contribution in [0.2, 0.25) is 0 Å². The molecule has 8 nitrogen and oxygen atoms in total. The lowest BCUT2D eigenvalue weighted by Crippen LogP contribution is -2.29. The first-order valence-corrected chi connectivity index (χ1v) is 7.99. The quantitative estimate of drug-likeness (QED) is 0.597. The largest absolute Gasteiger partial charge is 0.496 e. The van der Waals surface area contributed by atoms with Crippen molar-refractivity contribution in [1.82, 2.24) is 4.98 Å². The summed E-state index contributed by atoms with van der Waals surface area (Å²) in [6.07, 6.45) is 2.85. The van der Waals surface area contributed by atoms with Gasteiger partial charge in [0.1, 0.15) is 5.75 Å². The molecule has 2 aromatic carbocycles. The minimum atomic E-state index is -0.823. The molecule has 0 fully saturated rings. The SMILES string of the molecule is COc1cc(NC(=O)C(=O)Nc2ccc(CO)cc2)ccc1-c1cnco1. The zero-order valence-electron chi connectivity index (χ0n) is 14.4. The maximum absolute atomic E-state index is 12.1. The van der Waals surface area contributed by atoms with Crippen molar-refractivity contribution < 1.29 is 23.8 Å². The molecule has 0 aliphatic rings. The predicted molar refractivity (Wildman–Crippen MR) is 98.1 cm³/mol. The molecular formula is C19H17N3O5. The zero-order valence-corrected chi connectivity index (χ0v) is 14.4. The van der Waals surface area contributed by atoms with Gasteiger partial charge in [-0.05, 0) is 29.8 Å². The summed E-state index contributed by atoms with van der Waals surface area (Å²) in [4.78, 5) is 28.0. The lowest BCUT2D eigenvalue weighted by molar-refractivity contribution is -0.132. The van der Waals surface area contributed by atoms with Crippen molar-refractivity contribution in [3.05, 3.63) is 60.6 Å². The molecule has 0 unspecified atom stereocenters. The summed E-state index contributed by atoms with van der Waals surface area (Å²) in [6, 6.07) is 11.4. The van der Waals surface area contributed by atoms with E-state index in [-0.39, 0.29) is 6.61 Å². The molecule has 0 saturated heterocycles. The molecular weight excluding hydrogens is 350 g/mol. The molecule has 0 atom stereocenters. The Bertz CT molecular complexity index is 936. The molecule has 0 aliphatic heterocycles. The van der Waals surface area contributed by atoms with Crippen LogP contribution in [0.3, 0.4) is 0 Å². The summed E-state index contributed by atoms with van der Waals surface area (Å²) in [5, 5.41) is 14.0. The summed E-state index contributed by atoms with van der Waals surface area (Å²) >= 11 is 0. The van der Waals surface area contributed by atoms with Crippen LogP contribution in [0.25, 0.3) is 11.3 Å². The van der Waals surface area contributed by atoms with Crippen molar-refractivity contribution in [1.29, 1.82) is 0 Å². The minimum absolute atomic E-state index is 0.0966. The molecule has 0 spiro atoms. The first-order valence-electron chi connectivity index (χ1n) is 7.99. The summed E-state index contributed by atoms with van der Waals surface area (Å²) in [5.41, 5.74) is 2.22. The summed E-state index contributed by atoms with van der Waals surface area (Å²) < 4.78 is 10.6. The lowest BCUT2D eigenvalue weighted by Gasteiger charge is -2.10. The van der Waals surface area contributed by atoms with Gasteiger partial charge in [-0.3, -0.25) is 9.59 Å². The van der Waals surface area contributed by atoms with E-state index in [0.29, 0.717) is 34.0 Å². The van der Waals surface area contributed by atoms with Gasteiger partial charge in [0, 0.05) is 17.4 Å². The van der Waals surface area contributed by atoms with Gasteiger partial charge in [0.15, 0.2) is 12.2 Å². The highest BCUT2D eigenvalue weighted by Gasteiger charge is 2.16. The third-order valence-electron chi connectivity index (χ3n) is 3.76. The number of hydrogen-bond acceptors (Lipinski definition) is 6. The molecule has 0 saturated carbocycles. The number of nitrogens with zero attached hydrogens (tertiary/aromatic N) is 1. The fourth-order valence-corrected chi connectivity index (χ4v) is 2.39. The number of benzene rings is 2. The maximum atomic E-state index is 12.1. The van der Waals surface area contributed by atoms with Gasteiger partial charge in [-0.1, -0.05) is 12.1 Å². The van der Waals surface area contributed by atoms with Crippen molar-refractivity contribution in [2.75, 3.05) is 17.7 Å². The van der Waals surface area contributed by atoms with Crippen LogP contribution in [0.15, 0.2) is 59.5 Å². The number of carbonyl (C=O) groups is 2. The fourth-order valence-electron chi connectivity index (χ4n) is 2.39. The van der Waals surface area contributed by atoms with Crippen molar-refractivity contribution in [3.63, 3.8) is 0 Å². The summed E-state index contributed by atoms with van der Waals surface area (Å²) in [5.74, 6) is -0.654. The zero-order chi connectivity index (χ0) is 19.2. The van der Waals surface area contributed by atoms with E-state index in [1.54, 1.807) is 48.7 Å². The highest BCUT2D eigenvalue weighted by atomic mass is 16.5. The predicted octanol–water partition coefficient (Wildman–Crippen LogP) is 2.42. The Balaban J connectivity index is 1.68. The monoisotopic (exact) mass is 367 g/mol. The molecule has 1 heterocycles. The maximum Gasteiger partial charge on any atom is 0.314 e. The number of aromatic nitrogens is 1. The number of aliphatic hydroxyl groups is 1. The van der Waals surface area contributed by atoms with Crippen LogP contribution in [0, 0.1) is 0 Å². The van der Waals surface area contributed by atoms with Crippen molar-refractivity contribution in [2.45, 2.75) is 6.61 Å². The summed E-state index contributed by atoms with van der Waals surface area (Å²) in [6.45, 7) is -0.0966. The molecule has 0 radical (unpaired) electrons. The molecule has 3 aromatic rings. The third-order valence-corrected chi connectivity index (χ3v) is 3.76. The smallest absolute Gasteiger partial charge is 0.314 e. The Hall–Kier alpha value is -3.65. The van der Waals surface area contributed by atoms with Crippen molar-refractivity contribution >= 4 is 23.2 Å². The van der Waals surface area contributed by atoms with Gasteiger partial charge in [-0.15, -0.1) is 0 Å². The molecule has 0 bridgehead atoms. The van der Waals surface area contributed by atoms with Crippen LogP contribution in [0.1, 0.15) is 5.56 Å². The third kappa shape index (κ3) is 4.31. The topological polar surface area (TPSA) is 114 Å². The first kappa shape index (κ1) is 18.2. The Morgan fingerprint density at radius 2 is 1.74 bits per heavy atom. The van der Waals surface area contributed by atoms with Crippen LogP contribution in [0.4, 0.5) is 11.4 Å².